The lowest BCUT2D eigenvalue weighted by Gasteiger charge is -2.15. The van der Waals surface area contributed by atoms with Crippen molar-refractivity contribution in [2.24, 2.45) is 5.92 Å². The first kappa shape index (κ1) is 21.7. The zero-order valence-corrected chi connectivity index (χ0v) is 18.4. The number of rotatable bonds is 5. The van der Waals surface area contributed by atoms with Crippen LogP contribution < -0.4 is 10.6 Å². The highest BCUT2D eigenvalue weighted by atomic mass is 35.5. The summed E-state index contributed by atoms with van der Waals surface area (Å²) in [5, 5.41) is 5.96. The molecule has 9 heteroatoms. The highest BCUT2D eigenvalue weighted by Gasteiger charge is 2.25. The van der Waals surface area contributed by atoms with Gasteiger partial charge in [0.15, 0.2) is 9.84 Å². The van der Waals surface area contributed by atoms with Gasteiger partial charge < -0.3 is 10.6 Å². The summed E-state index contributed by atoms with van der Waals surface area (Å²) in [7, 11) is -3.73. The zero-order chi connectivity index (χ0) is 21.2. The highest BCUT2D eigenvalue weighted by Crippen LogP contribution is 2.33. The zero-order valence-electron chi connectivity index (χ0n) is 16.0. The van der Waals surface area contributed by atoms with Crippen molar-refractivity contribution in [1.29, 1.82) is 0 Å². The fourth-order valence-corrected chi connectivity index (χ4v) is 5.56. The van der Waals surface area contributed by atoms with E-state index in [-0.39, 0.29) is 16.6 Å². The van der Waals surface area contributed by atoms with Gasteiger partial charge in [0.05, 0.1) is 16.3 Å². The van der Waals surface area contributed by atoms with E-state index in [0.29, 0.717) is 28.6 Å². The molecule has 0 radical (unpaired) electrons. The van der Waals surface area contributed by atoms with Gasteiger partial charge >= 0.3 is 0 Å². The number of carbonyl (C=O) groups excluding carboxylic acids is 2. The molecular weight excluding hydrogens is 432 g/mol. The average Bonchev–Trinajstić information content (AvgIpc) is 2.84. The van der Waals surface area contributed by atoms with Gasteiger partial charge in [-0.3, -0.25) is 9.59 Å². The molecule has 0 saturated heterocycles. The monoisotopic (exact) mass is 452 g/mol. The Kier molecular flexibility index (Phi) is 6.55. The number of halogens is 1. The molecule has 1 aliphatic rings. The van der Waals surface area contributed by atoms with E-state index in [1.165, 1.54) is 23.9 Å². The first-order valence-corrected chi connectivity index (χ1v) is 12.0. The predicted octanol–water partition coefficient (Wildman–Crippen LogP) is 4.13. The van der Waals surface area contributed by atoms with Gasteiger partial charge in [0.2, 0.25) is 11.8 Å². The number of aryl methyl sites for hydroxylation is 1. The van der Waals surface area contributed by atoms with Crippen LogP contribution in [0.3, 0.4) is 0 Å². The summed E-state index contributed by atoms with van der Waals surface area (Å²) in [6.45, 7) is 3.39. The molecule has 0 bridgehead atoms. The van der Waals surface area contributed by atoms with Gasteiger partial charge in [-0.05, 0) is 42.8 Å². The number of amides is 2. The smallest absolute Gasteiger partial charge is 0.228 e. The highest BCUT2D eigenvalue weighted by molar-refractivity contribution is 7.99. The number of hydrogen-bond donors (Lipinski definition) is 2. The summed E-state index contributed by atoms with van der Waals surface area (Å²) in [6, 6.07) is 9.80. The molecule has 0 spiro atoms. The van der Waals surface area contributed by atoms with E-state index in [4.69, 9.17) is 11.6 Å². The van der Waals surface area contributed by atoms with Crippen LogP contribution in [0.25, 0.3) is 0 Å². The SMILES string of the molecule is Cc1ccc(Cl)cc1NC(=O)[C@H](C)CS(=O)(=O)c1ccc2c(c1)NC(=O)CCS2. The first-order chi connectivity index (χ1) is 13.7. The Morgan fingerprint density at radius 1 is 1.28 bits per heavy atom. The molecule has 1 heterocycles. The Bertz CT molecular complexity index is 1070. The Hall–Kier alpha value is -2.03. The number of sulfone groups is 1. The molecule has 0 aromatic heterocycles. The standard InChI is InChI=1S/C20H21ClN2O4S2/c1-12-3-4-14(21)9-16(12)23-20(25)13(2)11-29(26,27)15-5-6-18-17(10-15)22-19(24)7-8-28-18/h3-6,9-10,13H,7-8,11H2,1-2H3,(H,22,24)(H,23,25)/t13-/m1/s1. The van der Waals surface area contributed by atoms with Crippen molar-refractivity contribution in [3.8, 4) is 0 Å². The Balaban J connectivity index is 1.75. The number of thioether (sulfide) groups is 1. The third-order valence-corrected chi connectivity index (χ3v) is 7.77. The van der Waals surface area contributed by atoms with Crippen molar-refractivity contribution in [2.75, 3.05) is 22.1 Å². The van der Waals surface area contributed by atoms with E-state index >= 15 is 0 Å². The van der Waals surface area contributed by atoms with E-state index in [1.807, 2.05) is 6.92 Å². The number of benzene rings is 2. The van der Waals surface area contributed by atoms with Crippen LogP contribution in [0.1, 0.15) is 18.9 Å². The summed E-state index contributed by atoms with van der Waals surface area (Å²) in [6.07, 6.45) is 0.377. The third-order valence-electron chi connectivity index (χ3n) is 4.55. The summed E-state index contributed by atoms with van der Waals surface area (Å²) in [4.78, 5) is 25.2. The summed E-state index contributed by atoms with van der Waals surface area (Å²) < 4.78 is 25.7. The molecule has 2 aromatic rings. The van der Waals surface area contributed by atoms with Crippen LogP contribution in [0.15, 0.2) is 46.2 Å². The van der Waals surface area contributed by atoms with Gasteiger partial charge in [-0.25, -0.2) is 8.42 Å². The van der Waals surface area contributed by atoms with Gasteiger partial charge in [-0.1, -0.05) is 24.6 Å². The lowest BCUT2D eigenvalue weighted by molar-refractivity contribution is -0.119. The molecule has 0 aliphatic carbocycles. The maximum absolute atomic E-state index is 12.9. The molecule has 0 fully saturated rings. The van der Waals surface area contributed by atoms with Gasteiger partial charge in [0.1, 0.15) is 0 Å². The first-order valence-electron chi connectivity index (χ1n) is 9.02. The van der Waals surface area contributed by atoms with Crippen molar-refractivity contribution < 1.29 is 18.0 Å². The fraction of sp³-hybridized carbons (Fsp3) is 0.300. The van der Waals surface area contributed by atoms with Crippen LogP contribution in [0.4, 0.5) is 11.4 Å². The average molecular weight is 453 g/mol. The third kappa shape index (κ3) is 5.32. The van der Waals surface area contributed by atoms with Crippen molar-refractivity contribution in [3.05, 3.63) is 47.0 Å². The lowest BCUT2D eigenvalue weighted by Crippen LogP contribution is -2.27. The quantitative estimate of drug-likeness (QED) is 0.711. The van der Waals surface area contributed by atoms with Crippen LogP contribution >= 0.6 is 23.4 Å². The number of hydrogen-bond acceptors (Lipinski definition) is 5. The van der Waals surface area contributed by atoms with Crippen LogP contribution in [-0.2, 0) is 19.4 Å². The van der Waals surface area contributed by atoms with Crippen LogP contribution in [0, 0.1) is 12.8 Å². The van der Waals surface area contributed by atoms with Crippen molar-refractivity contribution in [1.82, 2.24) is 0 Å². The summed E-state index contributed by atoms with van der Waals surface area (Å²) in [5.41, 5.74) is 1.87. The molecule has 6 nitrogen and oxygen atoms in total. The van der Waals surface area contributed by atoms with E-state index in [2.05, 4.69) is 10.6 Å². The number of anilines is 2. The maximum Gasteiger partial charge on any atom is 0.228 e. The predicted molar refractivity (Wildman–Crippen MR) is 116 cm³/mol. The molecule has 2 aromatic carbocycles. The van der Waals surface area contributed by atoms with Crippen molar-refractivity contribution in [2.45, 2.75) is 30.1 Å². The second-order valence-electron chi connectivity index (χ2n) is 6.94. The van der Waals surface area contributed by atoms with E-state index < -0.39 is 21.7 Å². The minimum absolute atomic E-state index is 0.0811. The minimum atomic E-state index is -3.73. The number of nitrogens with one attached hydrogen (secondary N) is 2. The molecular formula is C20H21ClN2O4S2. The van der Waals surface area contributed by atoms with E-state index in [9.17, 15) is 18.0 Å². The Labute approximate surface area is 179 Å². The molecule has 0 unspecified atom stereocenters. The second kappa shape index (κ2) is 8.77. The largest absolute Gasteiger partial charge is 0.326 e. The Morgan fingerprint density at radius 2 is 2.03 bits per heavy atom. The normalized spacial score (nSPS) is 15.1. The fourth-order valence-electron chi connectivity index (χ4n) is 2.88. The van der Waals surface area contributed by atoms with Gasteiger partial charge in [0.25, 0.3) is 0 Å². The Morgan fingerprint density at radius 3 is 2.79 bits per heavy atom. The molecule has 29 heavy (non-hydrogen) atoms. The van der Waals surface area contributed by atoms with Crippen LogP contribution in [-0.4, -0.2) is 31.7 Å². The lowest BCUT2D eigenvalue weighted by atomic mass is 10.1. The van der Waals surface area contributed by atoms with E-state index in [1.54, 1.807) is 31.2 Å². The second-order valence-corrected chi connectivity index (χ2v) is 10.5. The van der Waals surface area contributed by atoms with Crippen LogP contribution in [0.2, 0.25) is 5.02 Å². The van der Waals surface area contributed by atoms with Crippen molar-refractivity contribution in [3.63, 3.8) is 0 Å². The molecule has 0 saturated carbocycles. The van der Waals surface area contributed by atoms with E-state index in [0.717, 1.165) is 10.5 Å². The molecule has 1 atom stereocenters. The van der Waals surface area contributed by atoms with Crippen LogP contribution in [0.5, 0.6) is 0 Å². The molecule has 2 N–H and O–H groups in total. The number of carbonyl (C=O) groups is 2. The summed E-state index contributed by atoms with van der Waals surface area (Å²) in [5.74, 6) is -1.03. The molecule has 3 rings (SSSR count). The molecule has 154 valence electrons. The maximum atomic E-state index is 12.9. The van der Waals surface area contributed by atoms with Gasteiger partial charge in [-0.2, -0.15) is 0 Å². The summed E-state index contributed by atoms with van der Waals surface area (Å²) >= 11 is 7.47. The minimum Gasteiger partial charge on any atom is -0.326 e. The molecule has 2 amide bonds. The topological polar surface area (TPSA) is 92.3 Å². The van der Waals surface area contributed by atoms with Gasteiger partial charge in [0, 0.05) is 33.7 Å². The van der Waals surface area contributed by atoms with Gasteiger partial charge in [-0.15, -0.1) is 11.8 Å². The molecule has 1 aliphatic heterocycles. The number of fused-ring (bicyclic) bond motifs is 1. The van der Waals surface area contributed by atoms with Crippen molar-refractivity contribution >= 4 is 56.4 Å².